The molecule has 1 saturated heterocycles. The number of thioether (sulfide) groups is 1. The molecule has 1 N–H and O–H groups in total. The van der Waals surface area contributed by atoms with E-state index in [1.54, 1.807) is 31.4 Å². The molecule has 0 radical (unpaired) electrons. The summed E-state index contributed by atoms with van der Waals surface area (Å²) in [7, 11) is 1.57. The van der Waals surface area contributed by atoms with Crippen LogP contribution in [0.5, 0.6) is 5.75 Å². The number of nitrogens with zero attached hydrogens (tertiary/aromatic N) is 2. The number of imide groups is 1. The SMILES string of the molecule is COc1ccc(C2c3sc(=O)n(CC(=O)Nc4ccccc4C(F)(F)F)c3SC3C4CC(C5C(=O)N(c6ccccc6)C(=O)C45)C23)cc1. The molecule has 3 aromatic carbocycles. The molecule has 4 aliphatic rings. The zero-order valence-corrected chi connectivity index (χ0v) is 27.0. The topological polar surface area (TPSA) is 97.7 Å². The lowest BCUT2D eigenvalue weighted by Crippen LogP contribution is -2.43. The van der Waals surface area contributed by atoms with Crippen molar-refractivity contribution in [3.8, 4) is 5.75 Å². The Morgan fingerprint density at radius 2 is 1.58 bits per heavy atom. The highest BCUT2D eigenvalue weighted by Crippen LogP contribution is 2.69. The Hall–Kier alpha value is -4.36. The lowest BCUT2D eigenvalue weighted by atomic mass is 9.68. The highest BCUT2D eigenvalue weighted by molar-refractivity contribution is 8.00. The predicted octanol–water partition coefficient (Wildman–Crippen LogP) is 6.25. The molecule has 48 heavy (non-hydrogen) atoms. The number of ether oxygens (including phenoxy) is 1. The second-order valence-electron chi connectivity index (χ2n) is 12.6. The molecule has 1 aromatic heterocycles. The number of hydrogen-bond donors (Lipinski definition) is 1. The van der Waals surface area contributed by atoms with Crippen molar-refractivity contribution in [3.63, 3.8) is 0 Å². The van der Waals surface area contributed by atoms with E-state index in [4.69, 9.17) is 4.74 Å². The number of anilines is 2. The van der Waals surface area contributed by atoms with E-state index in [9.17, 15) is 32.3 Å². The molecule has 2 bridgehead atoms. The molecule has 3 amide bonds. The quantitative estimate of drug-likeness (QED) is 0.240. The van der Waals surface area contributed by atoms with E-state index in [-0.39, 0.29) is 46.4 Å². The van der Waals surface area contributed by atoms with E-state index in [1.807, 2.05) is 30.3 Å². The fourth-order valence-electron chi connectivity index (χ4n) is 8.44. The number of alkyl halides is 3. The van der Waals surface area contributed by atoms with Crippen LogP contribution in [0.25, 0.3) is 0 Å². The van der Waals surface area contributed by atoms with E-state index < -0.39 is 40.9 Å². The van der Waals surface area contributed by atoms with Gasteiger partial charge in [-0.2, -0.15) is 13.2 Å². The van der Waals surface area contributed by atoms with Crippen LogP contribution in [0.3, 0.4) is 0 Å². The van der Waals surface area contributed by atoms with Crippen LogP contribution in [0.4, 0.5) is 24.5 Å². The minimum absolute atomic E-state index is 0.0615. The van der Waals surface area contributed by atoms with E-state index in [1.165, 1.54) is 39.4 Å². The summed E-state index contributed by atoms with van der Waals surface area (Å²) in [5.74, 6) is -2.05. The highest BCUT2D eigenvalue weighted by atomic mass is 32.2. The first-order valence-electron chi connectivity index (χ1n) is 15.5. The molecule has 2 aliphatic carbocycles. The van der Waals surface area contributed by atoms with Gasteiger partial charge in [0.15, 0.2) is 0 Å². The van der Waals surface area contributed by atoms with Crippen molar-refractivity contribution in [2.45, 2.75) is 35.3 Å². The summed E-state index contributed by atoms with van der Waals surface area (Å²) in [6.07, 6.45) is -3.98. The lowest BCUT2D eigenvalue weighted by Gasteiger charge is -2.43. The number of carbonyl (C=O) groups excluding carboxylic acids is 3. The summed E-state index contributed by atoms with van der Waals surface area (Å²) in [6.45, 7) is -0.476. The van der Waals surface area contributed by atoms with Crippen molar-refractivity contribution in [2.24, 2.45) is 29.6 Å². The molecule has 7 atom stereocenters. The van der Waals surface area contributed by atoms with Crippen molar-refractivity contribution in [1.29, 1.82) is 0 Å². The Bertz CT molecular complexity index is 2010. The minimum Gasteiger partial charge on any atom is -0.497 e. The second kappa shape index (κ2) is 11.4. The number of aromatic nitrogens is 1. The van der Waals surface area contributed by atoms with Gasteiger partial charge in [0, 0.05) is 16.0 Å². The molecule has 0 spiro atoms. The number of hydrogen-bond acceptors (Lipinski definition) is 7. The third-order valence-electron chi connectivity index (χ3n) is 10.2. The van der Waals surface area contributed by atoms with Crippen LogP contribution in [0, 0.1) is 29.6 Å². The molecule has 8 rings (SSSR count). The average Bonchev–Trinajstić information content (AvgIpc) is 3.79. The van der Waals surface area contributed by atoms with Gasteiger partial charge in [-0.25, -0.2) is 0 Å². The number of fused-ring (bicyclic) bond motifs is 9. The third-order valence-corrected chi connectivity index (χ3v) is 13.0. The van der Waals surface area contributed by atoms with E-state index in [0.717, 1.165) is 27.8 Å². The molecule has 8 nitrogen and oxygen atoms in total. The fraction of sp³-hybridized carbons (Fsp3) is 0.314. The molecular formula is C35H28F3N3O5S2. The Labute approximate surface area is 280 Å². The fourth-order valence-corrected chi connectivity index (χ4v) is 11.6. The van der Waals surface area contributed by atoms with Crippen LogP contribution in [0.15, 0.2) is 88.7 Å². The largest absolute Gasteiger partial charge is 0.497 e. The molecular weight excluding hydrogens is 664 g/mol. The van der Waals surface area contributed by atoms with Crippen molar-refractivity contribution in [1.82, 2.24) is 4.57 Å². The molecule has 13 heteroatoms. The van der Waals surface area contributed by atoms with Crippen LogP contribution in [0.1, 0.15) is 28.3 Å². The minimum atomic E-state index is -4.67. The maximum Gasteiger partial charge on any atom is 0.418 e. The standard InChI is InChI=1S/C35H28F3N3O5S2/c1-46-19-13-11-17(12-14-19)25-26-20-15-21(28-27(20)31(43)41(32(28)44)18-7-3-2-4-8-18)29(26)47-33-30(25)48-34(45)40(33)16-24(42)39-23-10-6-5-9-22(23)35(36,37)38/h2-14,20-21,25-29H,15-16H2,1H3,(H,39,42). The third kappa shape index (κ3) is 4.73. The summed E-state index contributed by atoms with van der Waals surface area (Å²) in [4.78, 5) is 56.4. The molecule has 246 valence electrons. The Kier molecular flexibility index (Phi) is 7.33. The molecule has 3 fully saturated rings. The highest BCUT2D eigenvalue weighted by Gasteiger charge is 2.69. The molecule has 2 aliphatic heterocycles. The maximum atomic E-state index is 14.0. The van der Waals surface area contributed by atoms with Crippen LogP contribution in [0.2, 0.25) is 0 Å². The van der Waals surface area contributed by atoms with E-state index in [2.05, 4.69) is 5.32 Å². The van der Waals surface area contributed by atoms with Gasteiger partial charge in [0.25, 0.3) is 0 Å². The average molecular weight is 692 g/mol. The normalized spacial score (nSPS) is 27.1. The second-order valence-corrected chi connectivity index (χ2v) is 14.7. The monoisotopic (exact) mass is 691 g/mol. The van der Waals surface area contributed by atoms with Gasteiger partial charge in [0.05, 0.1) is 40.9 Å². The number of nitrogens with one attached hydrogen (secondary N) is 1. The Morgan fingerprint density at radius 3 is 2.27 bits per heavy atom. The van der Waals surface area contributed by atoms with Gasteiger partial charge >= 0.3 is 11.0 Å². The molecule has 4 aromatic rings. The van der Waals surface area contributed by atoms with E-state index in [0.29, 0.717) is 22.9 Å². The number of amides is 3. The van der Waals surface area contributed by atoms with Gasteiger partial charge in [0.1, 0.15) is 12.3 Å². The first-order valence-corrected chi connectivity index (χ1v) is 17.2. The predicted molar refractivity (Wildman–Crippen MR) is 174 cm³/mol. The van der Waals surface area contributed by atoms with Crippen LogP contribution < -0.4 is 19.8 Å². The maximum absolute atomic E-state index is 14.0. The number of methoxy groups -OCH3 is 1. The lowest BCUT2D eigenvalue weighted by molar-refractivity contribution is -0.137. The van der Waals surface area contributed by atoms with Gasteiger partial charge in [-0.05, 0) is 66.1 Å². The van der Waals surface area contributed by atoms with Gasteiger partial charge in [-0.15, -0.1) is 11.8 Å². The van der Waals surface area contributed by atoms with Crippen molar-refractivity contribution in [2.75, 3.05) is 17.3 Å². The smallest absolute Gasteiger partial charge is 0.418 e. The zero-order chi connectivity index (χ0) is 33.5. The van der Waals surface area contributed by atoms with Crippen molar-refractivity contribution < 1.29 is 32.3 Å². The van der Waals surface area contributed by atoms with Crippen LogP contribution in [-0.2, 0) is 27.1 Å². The van der Waals surface area contributed by atoms with Crippen molar-refractivity contribution >= 4 is 52.2 Å². The summed E-state index contributed by atoms with van der Waals surface area (Å²) < 4.78 is 47.6. The number of para-hydroxylation sites is 2. The van der Waals surface area contributed by atoms with E-state index >= 15 is 0 Å². The number of halogens is 3. The van der Waals surface area contributed by atoms with Crippen LogP contribution >= 0.6 is 23.1 Å². The van der Waals surface area contributed by atoms with Gasteiger partial charge < -0.3 is 10.1 Å². The van der Waals surface area contributed by atoms with Crippen LogP contribution in [-0.4, -0.2) is 34.6 Å². The summed E-state index contributed by atoms with van der Waals surface area (Å²) in [5, 5.41) is 2.80. The van der Waals surface area contributed by atoms with Gasteiger partial charge in [-0.1, -0.05) is 53.8 Å². The van der Waals surface area contributed by atoms with Gasteiger partial charge in [0.2, 0.25) is 17.7 Å². The first-order chi connectivity index (χ1) is 23.1. The van der Waals surface area contributed by atoms with Crippen molar-refractivity contribution in [3.05, 3.63) is 105 Å². The Morgan fingerprint density at radius 1 is 0.917 bits per heavy atom. The summed E-state index contributed by atoms with van der Waals surface area (Å²) in [6, 6.07) is 21.2. The zero-order valence-electron chi connectivity index (χ0n) is 25.3. The first kappa shape index (κ1) is 30.9. The molecule has 7 unspecified atom stereocenters. The summed E-state index contributed by atoms with van der Waals surface area (Å²) in [5.41, 5.74) is 0.106. The Balaban J connectivity index is 1.17. The molecule has 3 heterocycles. The number of thiazole rings is 1. The summed E-state index contributed by atoms with van der Waals surface area (Å²) >= 11 is 2.47. The number of carbonyl (C=O) groups is 3. The molecule has 2 saturated carbocycles. The van der Waals surface area contributed by atoms with Gasteiger partial charge in [-0.3, -0.25) is 28.6 Å². The number of rotatable bonds is 6. The number of benzene rings is 3.